The van der Waals surface area contributed by atoms with Gasteiger partial charge in [-0.1, -0.05) is 48.5 Å². The molecule has 5 nitrogen and oxygen atoms in total. The van der Waals surface area contributed by atoms with Gasteiger partial charge in [0.15, 0.2) is 0 Å². The molecule has 3 N–H and O–H groups in total. The number of rotatable bonds is 5. The number of hydrogen-bond donors (Lipinski definition) is 2. The lowest BCUT2D eigenvalue weighted by molar-refractivity contribution is -0.135. The summed E-state index contributed by atoms with van der Waals surface area (Å²) in [6.07, 6.45) is 0. The third-order valence-electron chi connectivity index (χ3n) is 4.01. The van der Waals surface area contributed by atoms with Gasteiger partial charge in [0.05, 0.1) is 5.69 Å². The number of amides is 1. The summed E-state index contributed by atoms with van der Waals surface area (Å²) < 4.78 is 0. The molecule has 0 saturated heterocycles. The topological polar surface area (TPSA) is 83.6 Å². The number of nitrogens with two attached hydrogens (primary N) is 1. The van der Waals surface area contributed by atoms with Crippen LogP contribution in [-0.2, 0) is 11.3 Å². The van der Waals surface area contributed by atoms with Crippen molar-refractivity contribution in [1.82, 2.24) is 0 Å². The maximum Gasteiger partial charge on any atom is 0.323 e. The first-order valence-corrected chi connectivity index (χ1v) is 7.90. The average molecular weight is 334 g/mol. The van der Waals surface area contributed by atoms with Gasteiger partial charge in [-0.2, -0.15) is 0 Å². The van der Waals surface area contributed by atoms with E-state index in [0.717, 1.165) is 16.3 Å². The van der Waals surface area contributed by atoms with Crippen LogP contribution < -0.4 is 10.6 Å². The molecule has 1 amide bonds. The van der Waals surface area contributed by atoms with Crippen LogP contribution >= 0.6 is 0 Å². The summed E-state index contributed by atoms with van der Waals surface area (Å²) in [5.74, 6) is -1.44. The Morgan fingerprint density at radius 1 is 0.960 bits per heavy atom. The lowest BCUT2D eigenvalue weighted by Gasteiger charge is -2.23. The van der Waals surface area contributed by atoms with Gasteiger partial charge < -0.3 is 10.8 Å². The number of hydrogen-bond acceptors (Lipinski definition) is 3. The average Bonchev–Trinajstić information content (AvgIpc) is 2.65. The lowest BCUT2D eigenvalue weighted by atomic mass is 10.1. The molecule has 3 aromatic rings. The number of carbonyl (C=O) groups excluding carboxylic acids is 1. The first-order valence-electron chi connectivity index (χ1n) is 7.90. The Morgan fingerprint density at radius 2 is 1.68 bits per heavy atom. The van der Waals surface area contributed by atoms with Crippen molar-refractivity contribution in [3.63, 3.8) is 0 Å². The van der Waals surface area contributed by atoms with E-state index in [9.17, 15) is 14.7 Å². The second-order valence-corrected chi connectivity index (χ2v) is 5.69. The Balaban J connectivity index is 2.10. The highest BCUT2D eigenvalue weighted by molar-refractivity contribution is 6.12. The van der Waals surface area contributed by atoms with Crippen LogP contribution in [-0.4, -0.2) is 23.5 Å². The molecule has 0 aromatic heterocycles. The highest BCUT2D eigenvalue weighted by atomic mass is 16.4. The summed E-state index contributed by atoms with van der Waals surface area (Å²) in [6.45, 7) is -0.103. The molecule has 0 spiro atoms. The monoisotopic (exact) mass is 334 g/mol. The van der Waals surface area contributed by atoms with E-state index in [2.05, 4.69) is 0 Å². The minimum atomic E-state index is -1.07. The molecule has 5 heteroatoms. The van der Waals surface area contributed by atoms with Gasteiger partial charge >= 0.3 is 5.97 Å². The van der Waals surface area contributed by atoms with E-state index in [0.29, 0.717) is 17.8 Å². The molecule has 25 heavy (non-hydrogen) atoms. The number of nitrogens with zero attached hydrogens (tertiary/aromatic N) is 1. The summed E-state index contributed by atoms with van der Waals surface area (Å²) >= 11 is 0. The summed E-state index contributed by atoms with van der Waals surface area (Å²) in [6, 6.07) is 20.0. The minimum Gasteiger partial charge on any atom is -0.480 e. The molecule has 126 valence electrons. The molecule has 0 atom stereocenters. The van der Waals surface area contributed by atoms with E-state index in [1.807, 2.05) is 42.5 Å². The van der Waals surface area contributed by atoms with Crippen LogP contribution in [0, 0.1) is 0 Å². The van der Waals surface area contributed by atoms with Crippen LogP contribution in [0.3, 0.4) is 0 Å². The molecule has 3 aromatic carbocycles. The fraction of sp³-hybridized carbons (Fsp3) is 0.100. The van der Waals surface area contributed by atoms with Gasteiger partial charge in [0.25, 0.3) is 5.91 Å². The first kappa shape index (κ1) is 16.7. The number of aliphatic carboxylic acids is 1. The molecule has 0 heterocycles. The largest absolute Gasteiger partial charge is 0.480 e. The van der Waals surface area contributed by atoms with Crippen molar-refractivity contribution in [2.45, 2.75) is 6.54 Å². The van der Waals surface area contributed by atoms with Gasteiger partial charge in [-0.05, 0) is 29.1 Å². The number of carbonyl (C=O) groups is 2. The van der Waals surface area contributed by atoms with Crippen LogP contribution in [0.15, 0.2) is 66.7 Å². The van der Waals surface area contributed by atoms with E-state index in [-0.39, 0.29) is 5.91 Å². The van der Waals surface area contributed by atoms with Gasteiger partial charge in [-0.3, -0.25) is 14.5 Å². The Labute approximate surface area is 145 Å². The Morgan fingerprint density at radius 3 is 2.44 bits per heavy atom. The zero-order valence-corrected chi connectivity index (χ0v) is 13.6. The van der Waals surface area contributed by atoms with Gasteiger partial charge in [-0.15, -0.1) is 0 Å². The molecule has 3 rings (SSSR count). The Kier molecular flexibility index (Phi) is 4.77. The molecule has 0 aliphatic carbocycles. The Bertz CT molecular complexity index is 932. The standard InChI is InChI=1S/C20H18N2O3/c21-12-14-5-3-8-16(11-14)20(25)22(13-19(23)24)18-10-4-7-15-6-1-2-9-17(15)18/h1-11H,12-13,21H2,(H,23,24). The highest BCUT2D eigenvalue weighted by Crippen LogP contribution is 2.28. The van der Waals surface area contributed by atoms with Crippen molar-refractivity contribution in [2.24, 2.45) is 5.73 Å². The second kappa shape index (κ2) is 7.15. The summed E-state index contributed by atoms with van der Waals surface area (Å²) in [5.41, 5.74) is 7.45. The van der Waals surface area contributed by atoms with Crippen LogP contribution in [0.25, 0.3) is 10.8 Å². The third-order valence-corrected chi connectivity index (χ3v) is 4.01. The minimum absolute atomic E-state index is 0.314. The molecule has 0 bridgehead atoms. The molecule has 0 fully saturated rings. The molecule has 0 aliphatic rings. The zero-order chi connectivity index (χ0) is 17.8. The zero-order valence-electron chi connectivity index (χ0n) is 13.6. The fourth-order valence-corrected chi connectivity index (χ4v) is 2.83. The van der Waals surface area contributed by atoms with Gasteiger partial charge in [0.1, 0.15) is 6.54 Å². The number of carboxylic acid groups (broad SMARTS) is 1. The molecular formula is C20H18N2O3. The fourth-order valence-electron chi connectivity index (χ4n) is 2.83. The predicted molar refractivity (Wildman–Crippen MR) is 97.6 cm³/mol. The number of carboxylic acids is 1. The summed E-state index contributed by atoms with van der Waals surface area (Å²) in [5, 5.41) is 11.1. The SMILES string of the molecule is NCc1cccc(C(=O)N(CC(=O)O)c2cccc3ccccc23)c1. The normalized spacial score (nSPS) is 10.6. The molecule has 0 unspecified atom stereocenters. The lowest BCUT2D eigenvalue weighted by Crippen LogP contribution is -2.36. The van der Waals surface area contributed by atoms with E-state index in [4.69, 9.17) is 5.73 Å². The van der Waals surface area contributed by atoms with Crippen LogP contribution in [0.2, 0.25) is 0 Å². The number of fused-ring (bicyclic) bond motifs is 1. The maximum atomic E-state index is 13.0. The molecular weight excluding hydrogens is 316 g/mol. The van der Waals surface area contributed by atoms with Gasteiger partial charge in [0.2, 0.25) is 0 Å². The number of benzene rings is 3. The van der Waals surface area contributed by atoms with E-state index >= 15 is 0 Å². The second-order valence-electron chi connectivity index (χ2n) is 5.69. The number of anilines is 1. The van der Waals surface area contributed by atoms with E-state index < -0.39 is 12.5 Å². The van der Waals surface area contributed by atoms with Crippen molar-refractivity contribution in [2.75, 3.05) is 11.4 Å². The van der Waals surface area contributed by atoms with Gasteiger partial charge in [0, 0.05) is 17.5 Å². The molecule has 0 aliphatic heterocycles. The first-order chi connectivity index (χ1) is 12.1. The molecule has 0 radical (unpaired) electrons. The van der Waals surface area contributed by atoms with Crippen LogP contribution in [0.5, 0.6) is 0 Å². The van der Waals surface area contributed by atoms with E-state index in [1.54, 1.807) is 24.3 Å². The summed E-state index contributed by atoms with van der Waals surface area (Å²) in [4.78, 5) is 25.7. The van der Waals surface area contributed by atoms with Gasteiger partial charge in [-0.25, -0.2) is 0 Å². The van der Waals surface area contributed by atoms with Crippen LogP contribution in [0.4, 0.5) is 5.69 Å². The van der Waals surface area contributed by atoms with E-state index in [1.165, 1.54) is 4.90 Å². The van der Waals surface area contributed by atoms with Crippen molar-refractivity contribution in [1.29, 1.82) is 0 Å². The Hall–Kier alpha value is -3.18. The predicted octanol–water partition coefficient (Wildman–Crippen LogP) is 3.03. The smallest absolute Gasteiger partial charge is 0.323 e. The maximum absolute atomic E-state index is 13.0. The van der Waals surface area contributed by atoms with Crippen molar-refractivity contribution in [3.8, 4) is 0 Å². The van der Waals surface area contributed by atoms with Crippen molar-refractivity contribution < 1.29 is 14.7 Å². The van der Waals surface area contributed by atoms with Crippen molar-refractivity contribution >= 4 is 28.3 Å². The molecule has 0 saturated carbocycles. The van der Waals surface area contributed by atoms with Crippen LogP contribution in [0.1, 0.15) is 15.9 Å². The third kappa shape index (κ3) is 3.51. The quantitative estimate of drug-likeness (QED) is 0.751. The summed E-state index contributed by atoms with van der Waals surface area (Å²) in [7, 11) is 0. The van der Waals surface area contributed by atoms with Crippen molar-refractivity contribution in [3.05, 3.63) is 77.9 Å². The highest BCUT2D eigenvalue weighted by Gasteiger charge is 2.22.